The van der Waals surface area contributed by atoms with Crippen molar-refractivity contribution in [3.8, 4) is 0 Å². The fraction of sp³-hybridized carbons (Fsp3) is 0.833. The first-order chi connectivity index (χ1) is 8.97. The van der Waals surface area contributed by atoms with E-state index in [-0.39, 0.29) is 35.3 Å². The number of nitrogens with zero attached hydrogens (tertiary/aromatic N) is 1. The van der Waals surface area contributed by atoms with E-state index in [0.29, 0.717) is 0 Å². The number of carbonyl (C=O) groups is 2. The molecule has 3 rings (SSSR count). The number of aliphatic hydroxyl groups excluding tert-OH is 1. The van der Waals surface area contributed by atoms with Crippen molar-refractivity contribution in [1.29, 1.82) is 0 Å². The Hall–Kier alpha value is -1.08. The van der Waals surface area contributed by atoms with Crippen LogP contribution in [-0.2, 0) is 18.9 Å². The van der Waals surface area contributed by atoms with E-state index in [1.165, 1.54) is 6.42 Å². The molecule has 2 aliphatic heterocycles. The maximum Gasteiger partial charge on any atom is 0.611 e. The summed E-state index contributed by atoms with van der Waals surface area (Å²) < 4.78 is 10.8. The van der Waals surface area contributed by atoms with Crippen LogP contribution in [0, 0.1) is 5.92 Å². The van der Waals surface area contributed by atoms with E-state index in [0.717, 1.165) is 25.7 Å². The third-order valence-electron chi connectivity index (χ3n) is 5.01. The molecule has 0 aromatic heterocycles. The lowest BCUT2D eigenvalue weighted by Gasteiger charge is -2.45. The number of rotatable bonds is 2. The zero-order valence-electron chi connectivity index (χ0n) is 11.2. The molecule has 0 amide bonds. The Labute approximate surface area is 112 Å². The van der Waals surface area contributed by atoms with E-state index in [1.807, 2.05) is 0 Å². The minimum absolute atomic E-state index is 0.0583. The molecule has 1 saturated carbocycles. The predicted octanol–water partition coefficient (Wildman–Crippen LogP) is -0.0341. The van der Waals surface area contributed by atoms with Gasteiger partial charge in [-0.2, -0.15) is 0 Å². The van der Waals surface area contributed by atoms with E-state index in [1.54, 1.807) is 7.05 Å². The summed E-state index contributed by atoms with van der Waals surface area (Å²) in [6.45, 7) is -2.07. The van der Waals surface area contributed by atoms with E-state index in [9.17, 15) is 14.7 Å². The first-order valence-corrected chi connectivity index (χ1v) is 7.07. The van der Waals surface area contributed by atoms with Crippen LogP contribution in [0.15, 0.2) is 0 Å². The second-order valence-electron chi connectivity index (χ2n) is 6.39. The van der Waals surface area contributed by atoms with Crippen LogP contribution in [0.5, 0.6) is 0 Å². The molecule has 0 spiro atoms. The summed E-state index contributed by atoms with van der Waals surface area (Å²) in [6.07, 6.45) is 5.12. The lowest BCUT2D eigenvalue weighted by atomic mass is 9.56. The van der Waals surface area contributed by atoms with Gasteiger partial charge in [0.15, 0.2) is 0 Å². The van der Waals surface area contributed by atoms with Gasteiger partial charge in [-0.15, -0.1) is 0 Å². The normalized spacial score (nSPS) is 40.7. The first-order valence-electron chi connectivity index (χ1n) is 7.07. The average molecular weight is 269 g/mol. The molecule has 1 atom stereocenters. The van der Waals surface area contributed by atoms with Gasteiger partial charge >= 0.3 is 18.6 Å². The van der Waals surface area contributed by atoms with Gasteiger partial charge in [0.25, 0.3) is 0 Å². The summed E-state index contributed by atoms with van der Waals surface area (Å²) >= 11 is 0. The standard InChI is InChI=1S/C12H20BNO5/c1-14-7-10(15)18-13(14,19-11(16)8-14)12(17)9-5-3-2-4-6-9/h9,12,17H,2-8H2,1H3. The Morgan fingerprint density at radius 1 is 1.16 bits per heavy atom. The summed E-state index contributed by atoms with van der Waals surface area (Å²) in [7, 11) is 1.77. The topological polar surface area (TPSA) is 72.8 Å². The van der Waals surface area contributed by atoms with Gasteiger partial charge in [0.1, 0.15) is 13.1 Å². The van der Waals surface area contributed by atoms with Crippen LogP contribution in [0.25, 0.3) is 0 Å². The summed E-state index contributed by atoms with van der Waals surface area (Å²) in [6, 6.07) is -0.872. The van der Waals surface area contributed by atoms with Crippen molar-refractivity contribution in [1.82, 2.24) is 0 Å². The second-order valence-corrected chi connectivity index (χ2v) is 6.39. The number of fused-ring (bicyclic) bond motifs is 1. The summed E-state index contributed by atoms with van der Waals surface area (Å²) in [5, 5.41) is 10.7. The van der Waals surface area contributed by atoms with Crippen molar-refractivity contribution in [2.24, 2.45) is 5.92 Å². The fourth-order valence-corrected chi connectivity index (χ4v) is 3.96. The molecule has 1 N–H and O–H groups in total. The maximum atomic E-state index is 11.6. The van der Waals surface area contributed by atoms with Crippen molar-refractivity contribution in [3.05, 3.63) is 0 Å². The quantitative estimate of drug-likeness (QED) is 0.712. The van der Waals surface area contributed by atoms with Crippen molar-refractivity contribution >= 4 is 18.6 Å². The van der Waals surface area contributed by atoms with E-state index < -0.39 is 12.7 Å². The number of aliphatic hydroxyl groups is 1. The molecule has 0 aromatic rings. The second kappa shape index (κ2) is 4.21. The Morgan fingerprint density at radius 2 is 1.68 bits per heavy atom. The fourth-order valence-electron chi connectivity index (χ4n) is 3.96. The smallest absolute Gasteiger partial charge is 0.598 e. The Kier molecular flexibility index (Phi) is 2.87. The Bertz CT molecular complexity index is 400. The van der Waals surface area contributed by atoms with Gasteiger partial charge in [-0.1, -0.05) is 32.1 Å². The monoisotopic (exact) mass is 269 g/mol. The molecule has 0 bridgehead atoms. The van der Waals surface area contributed by atoms with Gasteiger partial charge in [-0.25, -0.2) is 0 Å². The molecule has 0 radical (unpaired) electrons. The molecule has 2 saturated heterocycles. The van der Waals surface area contributed by atoms with Crippen LogP contribution in [0.4, 0.5) is 0 Å². The predicted molar refractivity (Wildman–Crippen MR) is 66.4 cm³/mol. The van der Waals surface area contributed by atoms with E-state index in [2.05, 4.69) is 0 Å². The number of carbonyl (C=O) groups excluding carboxylic acids is 2. The highest BCUT2D eigenvalue weighted by molar-refractivity contribution is 6.67. The van der Waals surface area contributed by atoms with Crippen molar-refractivity contribution in [2.45, 2.75) is 38.1 Å². The van der Waals surface area contributed by atoms with Crippen molar-refractivity contribution < 1.29 is 28.4 Å². The van der Waals surface area contributed by atoms with Crippen LogP contribution < -0.4 is 0 Å². The average Bonchev–Trinajstić information content (AvgIpc) is 2.74. The Balaban J connectivity index is 1.90. The third kappa shape index (κ3) is 1.79. The number of likely N-dealkylation sites (N-methyl/N-ethyl adjacent to an activating group) is 1. The highest BCUT2D eigenvalue weighted by Crippen LogP contribution is 2.41. The number of hydrogen-bond acceptors (Lipinski definition) is 5. The molecule has 3 fully saturated rings. The molecule has 0 aromatic carbocycles. The molecule has 106 valence electrons. The van der Waals surface area contributed by atoms with Gasteiger partial charge in [0.05, 0.1) is 6.00 Å². The molecule has 2 heterocycles. The lowest BCUT2D eigenvalue weighted by molar-refractivity contribution is -0.795. The van der Waals surface area contributed by atoms with Crippen LogP contribution >= 0.6 is 0 Å². The van der Waals surface area contributed by atoms with Gasteiger partial charge < -0.3 is 18.8 Å². The zero-order valence-corrected chi connectivity index (χ0v) is 11.2. The number of quaternary nitrogens is 1. The Morgan fingerprint density at radius 3 is 2.21 bits per heavy atom. The summed E-state index contributed by atoms with van der Waals surface area (Å²) in [4.78, 5) is 23.3. The minimum atomic E-state index is -2.29. The van der Waals surface area contributed by atoms with Crippen LogP contribution in [0.2, 0.25) is 0 Å². The van der Waals surface area contributed by atoms with Gasteiger partial charge in [-0.3, -0.25) is 9.59 Å². The molecule has 3 aliphatic rings. The van der Waals surface area contributed by atoms with Gasteiger partial charge in [-0.05, 0) is 5.92 Å². The molecule has 7 heteroatoms. The lowest BCUT2D eigenvalue weighted by Crippen LogP contribution is -2.68. The van der Waals surface area contributed by atoms with E-state index in [4.69, 9.17) is 9.31 Å². The van der Waals surface area contributed by atoms with E-state index >= 15 is 0 Å². The van der Waals surface area contributed by atoms with Crippen LogP contribution in [-0.4, -0.2) is 54.3 Å². The summed E-state index contributed by atoms with van der Waals surface area (Å²) in [5.74, 6) is -0.710. The zero-order chi connectivity index (χ0) is 13.7. The highest BCUT2D eigenvalue weighted by atomic mass is 16.7. The van der Waals surface area contributed by atoms with Crippen molar-refractivity contribution in [2.75, 3.05) is 20.1 Å². The number of hydrogen-bond donors (Lipinski definition) is 1. The third-order valence-corrected chi connectivity index (χ3v) is 5.01. The molecule has 1 aliphatic carbocycles. The molecular weight excluding hydrogens is 249 g/mol. The largest absolute Gasteiger partial charge is 0.611 e. The molecular formula is C12H20BNO5. The maximum absolute atomic E-state index is 11.6. The summed E-state index contributed by atoms with van der Waals surface area (Å²) in [5.41, 5.74) is 0. The minimum Gasteiger partial charge on any atom is -0.598 e. The van der Waals surface area contributed by atoms with Gasteiger partial charge in [0.2, 0.25) is 0 Å². The SMILES string of the molecule is C[N+]12CC(=O)O[B-]1(C(O)C1CCCCC1)OC(=O)C2. The van der Waals surface area contributed by atoms with Crippen molar-refractivity contribution in [3.63, 3.8) is 0 Å². The highest BCUT2D eigenvalue weighted by Gasteiger charge is 2.70. The van der Waals surface area contributed by atoms with Gasteiger partial charge in [0, 0.05) is 7.05 Å². The molecule has 1 unspecified atom stereocenters. The molecule has 6 nitrogen and oxygen atoms in total. The van der Waals surface area contributed by atoms with Crippen LogP contribution in [0.3, 0.4) is 0 Å². The molecule has 19 heavy (non-hydrogen) atoms. The van der Waals surface area contributed by atoms with Crippen LogP contribution in [0.1, 0.15) is 32.1 Å². The first kappa shape index (κ1) is 12.9.